The van der Waals surface area contributed by atoms with Crippen molar-refractivity contribution in [3.63, 3.8) is 0 Å². The van der Waals surface area contributed by atoms with Crippen molar-refractivity contribution in [2.24, 2.45) is 0 Å². The Morgan fingerprint density at radius 3 is 1.54 bits per heavy atom. The summed E-state index contributed by atoms with van der Waals surface area (Å²) >= 11 is 5.59. The number of rotatable bonds is 13. The second-order valence-electron chi connectivity index (χ2n) is 18.5. The lowest BCUT2D eigenvalue weighted by Gasteiger charge is -2.37. The van der Waals surface area contributed by atoms with Gasteiger partial charge in [-0.05, 0) is 85.4 Å². The van der Waals surface area contributed by atoms with Gasteiger partial charge in [-0.25, -0.2) is 45.6 Å². The number of benzene rings is 2. The number of hydrogen-bond acceptors (Lipinski definition) is 15. The summed E-state index contributed by atoms with van der Waals surface area (Å²) < 4.78 is 87.8. The van der Waals surface area contributed by atoms with Gasteiger partial charge < -0.3 is 19.1 Å². The van der Waals surface area contributed by atoms with E-state index in [9.17, 15) is 30.7 Å². The van der Waals surface area contributed by atoms with Gasteiger partial charge in [-0.1, -0.05) is 46.9 Å². The van der Waals surface area contributed by atoms with Gasteiger partial charge in [0.2, 0.25) is 0 Å². The highest BCUT2D eigenvalue weighted by molar-refractivity contribution is 9.11. The molecule has 0 saturated carbocycles. The van der Waals surface area contributed by atoms with E-state index in [1.807, 2.05) is 12.4 Å². The molecule has 2 aromatic carbocycles. The molecule has 1 N–H and O–H groups in total. The normalized spacial score (nSPS) is 21.9. The molecule has 4 aliphatic heterocycles. The molecule has 2 unspecified atom stereocenters. The average Bonchev–Trinajstić information content (AvgIpc) is 4.25. The van der Waals surface area contributed by atoms with E-state index in [2.05, 4.69) is 92.3 Å². The molecule has 17 nitrogen and oxygen atoms in total. The number of aromatic nitrogens is 6. The smallest absolute Gasteiger partial charge is 0.254 e. The van der Waals surface area contributed by atoms with Gasteiger partial charge in [0, 0.05) is 109 Å². The summed E-state index contributed by atoms with van der Waals surface area (Å²) in [5.41, 5.74) is 4.07. The summed E-state index contributed by atoms with van der Waals surface area (Å²) in [7, 11) is -7.15. The van der Waals surface area contributed by atoms with Gasteiger partial charge in [0.1, 0.15) is 11.6 Å². The quantitative estimate of drug-likeness (QED) is 0.136. The van der Waals surface area contributed by atoms with Crippen LogP contribution in [0.25, 0.3) is 0 Å². The Hall–Kier alpha value is -4.08. The van der Waals surface area contributed by atoms with Crippen molar-refractivity contribution in [3.8, 4) is 0 Å². The van der Waals surface area contributed by atoms with Crippen LogP contribution in [0.15, 0.2) is 98.3 Å². The fourth-order valence-electron chi connectivity index (χ4n) is 10.1. The van der Waals surface area contributed by atoms with Crippen LogP contribution in [0.2, 0.25) is 0 Å². The second-order valence-corrected chi connectivity index (χ2v) is 26.2. The number of anilines is 1. The van der Waals surface area contributed by atoms with E-state index in [4.69, 9.17) is 0 Å². The third-order valence-corrected chi connectivity index (χ3v) is 21.6. The van der Waals surface area contributed by atoms with Gasteiger partial charge in [-0.3, -0.25) is 14.7 Å². The zero-order chi connectivity index (χ0) is 50.2. The summed E-state index contributed by atoms with van der Waals surface area (Å²) in [6.07, 6.45) is 10.7. The molecule has 6 atom stereocenters. The number of thiazole rings is 2. The predicted octanol–water partition coefficient (Wildman–Crippen LogP) is 6.33. The van der Waals surface area contributed by atoms with Crippen molar-refractivity contribution >= 4 is 63.8 Å². The first kappa shape index (κ1) is 51.8. The molecule has 8 heterocycles. The molecule has 0 spiro atoms. The van der Waals surface area contributed by atoms with Crippen molar-refractivity contribution in [3.05, 3.63) is 124 Å². The van der Waals surface area contributed by atoms with Crippen LogP contribution in [-0.2, 0) is 20.0 Å². The number of hydrogen-bond donors (Lipinski definition) is 1. The van der Waals surface area contributed by atoms with E-state index in [1.165, 1.54) is 52.3 Å². The minimum Gasteiger partial charge on any atom is -0.392 e. The summed E-state index contributed by atoms with van der Waals surface area (Å²) in [6.45, 7) is 15.6. The zero-order valence-electron chi connectivity index (χ0n) is 40.0. The molecule has 4 saturated heterocycles. The lowest BCUT2D eigenvalue weighted by Crippen LogP contribution is -2.50. The molecule has 0 amide bonds. The van der Waals surface area contributed by atoms with Crippen molar-refractivity contribution in [1.82, 2.24) is 52.4 Å². The third-order valence-electron chi connectivity index (χ3n) is 14.4. The topological polar surface area (TPSA) is 169 Å². The van der Waals surface area contributed by atoms with Crippen LogP contribution < -0.4 is 4.90 Å². The van der Waals surface area contributed by atoms with E-state index in [0.717, 1.165) is 71.6 Å². The number of aliphatic hydroxyl groups is 1. The van der Waals surface area contributed by atoms with E-state index in [1.54, 1.807) is 41.2 Å². The van der Waals surface area contributed by atoms with Crippen molar-refractivity contribution < 1.29 is 30.7 Å². The van der Waals surface area contributed by atoms with Gasteiger partial charge in [-0.15, -0.1) is 0 Å². The van der Waals surface area contributed by atoms with Gasteiger partial charge in [0.25, 0.3) is 20.0 Å². The molecule has 4 aromatic heterocycles. The Morgan fingerprint density at radius 2 is 1.07 bits per heavy atom. The lowest BCUT2D eigenvalue weighted by atomic mass is 10.1. The third kappa shape index (κ3) is 11.2. The lowest BCUT2D eigenvalue weighted by molar-refractivity contribution is 0.141. The highest BCUT2D eigenvalue weighted by Crippen LogP contribution is 2.35. The Balaban J connectivity index is 0.000000182. The maximum Gasteiger partial charge on any atom is 0.254 e. The van der Waals surface area contributed by atoms with E-state index in [-0.39, 0.29) is 56.4 Å². The molecular formula is C47H59BrF2N12O5S4. The van der Waals surface area contributed by atoms with E-state index >= 15 is 0 Å². The van der Waals surface area contributed by atoms with Crippen molar-refractivity contribution in [2.75, 3.05) is 83.4 Å². The van der Waals surface area contributed by atoms with Gasteiger partial charge in [0.05, 0.1) is 54.6 Å². The van der Waals surface area contributed by atoms with Gasteiger partial charge in [-0.2, -0.15) is 8.61 Å². The average molecular weight is 1120 g/mol. The van der Waals surface area contributed by atoms with Crippen molar-refractivity contribution in [2.45, 2.75) is 78.8 Å². The van der Waals surface area contributed by atoms with Crippen LogP contribution in [0.3, 0.4) is 0 Å². The summed E-state index contributed by atoms with van der Waals surface area (Å²) in [4.78, 5) is 26.2. The fourth-order valence-corrected chi connectivity index (χ4v) is 16.2. The highest BCUT2D eigenvalue weighted by atomic mass is 79.9. The maximum absolute atomic E-state index is 13.5. The van der Waals surface area contributed by atoms with Gasteiger partial charge >= 0.3 is 0 Å². The first-order chi connectivity index (χ1) is 34.0. The van der Waals surface area contributed by atoms with Crippen molar-refractivity contribution in [1.29, 1.82) is 0 Å². The minimum atomic E-state index is -3.63. The summed E-state index contributed by atoms with van der Waals surface area (Å²) in [5.74, 6) is -0.515. The monoisotopic (exact) mass is 1120 g/mol. The molecular weight excluding hydrogens is 1060 g/mol. The standard InChI is InChI=1S/C27H36FN7O3S2.C20H23BrFN5O2S2/c1-19(21-3-5-22(28)6-4-21)35-18-29-14-25(35)20(2)31-9-11-34(12-10-31)40(37,38)26-15-30-27(39-26)33-8-7-32-17-24(36)13-23(32)16-33;1-14(16-3-5-17(22)6-4-16)27-13-23-11-18(27)15(2)25-7-9-26(10-8-25)31(28,29)19-12-24-20(21)30-19/h3-6,14-15,18-20,23-24,36H,7-13,16-17H2,1-2H3;3-6,11-15H,7-10H2,1-2H3/t19-,20?,23+,24-;14-,15?/m11/s1. The number of piperazine rings is 3. The number of fused-ring (bicyclic) bond motifs is 1. The predicted molar refractivity (Wildman–Crippen MR) is 272 cm³/mol. The Kier molecular flexibility index (Phi) is 15.9. The Morgan fingerprint density at radius 1 is 0.606 bits per heavy atom. The molecule has 0 radical (unpaired) electrons. The molecule has 24 heteroatoms. The number of imidazole rings is 2. The first-order valence-corrected chi connectivity index (χ1v) is 29.1. The Bertz CT molecular complexity index is 2960. The number of halogens is 3. The molecule has 10 rings (SSSR count). The molecule has 0 bridgehead atoms. The van der Waals surface area contributed by atoms with Crippen LogP contribution in [0, 0.1) is 11.6 Å². The second kappa shape index (κ2) is 21.8. The number of nitrogens with zero attached hydrogens (tertiary/aromatic N) is 12. The van der Waals surface area contributed by atoms with Crippen LogP contribution >= 0.6 is 38.6 Å². The maximum atomic E-state index is 13.5. The Labute approximate surface area is 430 Å². The van der Waals surface area contributed by atoms with Crippen LogP contribution in [0.4, 0.5) is 13.9 Å². The number of sulfonamides is 2. The highest BCUT2D eigenvalue weighted by Gasteiger charge is 2.38. The first-order valence-electron chi connectivity index (χ1n) is 23.7. The van der Waals surface area contributed by atoms with E-state index in [0.29, 0.717) is 56.3 Å². The molecule has 4 fully saturated rings. The molecule has 4 aliphatic rings. The van der Waals surface area contributed by atoms with Gasteiger partial charge in [0.15, 0.2) is 17.5 Å². The van der Waals surface area contributed by atoms with Crippen LogP contribution in [0.5, 0.6) is 0 Å². The molecule has 71 heavy (non-hydrogen) atoms. The zero-order valence-corrected chi connectivity index (χ0v) is 44.8. The molecule has 6 aromatic rings. The molecule has 0 aliphatic carbocycles. The largest absolute Gasteiger partial charge is 0.392 e. The summed E-state index contributed by atoms with van der Waals surface area (Å²) in [6, 6.07) is 13.4. The SMILES string of the molecule is CC(c1cncn1[C@H](C)c1ccc(F)cc1)N1CCN(S(=O)(=O)c2cnc(Br)s2)CC1.CC(c1cncn1[C@H](C)c1ccc(F)cc1)N1CCN(S(=O)(=O)c2cnc(N3CCN4C[C@H](O)C[C@H]4C3)s2)CC1. The van der Waals surface area contributed by atoms with Crippen LogP contribution in [0.1, 0.15) is 80.8 Å². The number of aliphatic hydroxyl groups excluding tert-OH is 1. The fraction of sp³-hybridized carbons (Fsp3) is 0.489. The summed E-state index contributed by atoms with van der Waals surface area (Å²) in [5, 5.41) is 10.7. The van der Waals surface area contributed by atoms with E-state index < -0.39 is 20.0 Å². The minimum absolute atomic E-state index is 0.00647. The molecule has 382 valence electrons. The van der Waals surface area contributed by atoms with Crippen LogP contribution in [-0.4, -0.2) is 165 Å².